The summed E-state index contributed by atoms with van der Waals surface area (Å²) in [6, 6.07) is 11.5. The largest absolute Gasteiger partial charge is 0.297 e. The molecule has 0 atom stereocenters. The molecule has 4 nitrogen and oxygen atoms in total. The number of halogens is 2. The molecule has 0 aliphatic carbocycles. The van der Waals surface area contributed by atoms with E-state index in [4.69, 9.17) is 16.6 Å². The topological polar surface area (TPSA) is 47.3 Å². The molecule has 1 aromatic carbocycles. The summed E-state index contributed by atoms with van der Waals surface area (Å²) < 4.78 is 2.89. The Bertz CT molecular complexity index is 1250. The fraction of sp³-hybridized carbons (Fsp3) is 0.227. The first-order valence-corrected chi connectivity index (χ1v) is 11.1. The summed E-state index contributed by atoms with van der Waals surface area (Å²) in [5.41, 5.74) is 3.42. The van der Waals surface area contributed by atoms with E-state index < -0.39 is 5.41 Å². The second-order valence-electron chi connectivity index (χ2n) is 7.87. The van der Waals surface area contributed by atoms with Gasteiger partial charge in [-0.05, 0) is 37.3 Å². The molecule has 0 aliphatic heterocycles. The van der Waals surface area contributed by atoms with Gasteiger partial charge in [-0.15, -0.1) is 11.3 Å². The Balaban J connectivity index is 2.01. The number of rotatable bonds is 3. The molecule has 0 fully saturated rings. The van der Waals surface area contributed by atoms with E-state index in [-0.39, 0.29) is 5.78 Å². The number of imidazole rings is 1. The van der Waals surface area contributed by atoms with Crippen LogP contribution in [0.25, 0.3) is 27.6 Å². The van der Waals surface area contributed by atoms with Crippen LogP contribution in [0.4, 0.5) is 0 Å². The number of thiazole rings is 1. The first kappa shape index (κ1) is 20.3. The number of aryl methyl sites for hydroxylation is 1. The molecule has 29 heavy (non-hydrogen) atoms. The van der Waals surface area contributed by atoms with Crippen LogP contribution >= 0.6 is 38.9 Å². The van der Waals surface area contributed by atoms with E-state index in [1.807, 2.05) is 74.7 Å². The highest BCUT2D eigenvalue weighted by atomic mass is 79.9. The lowest BCUT2D eigenvalue weighted by atomic mass is 9.89. The highest BCUT2D eigenvalue weighted by Crippen LogP contribution is 2.41. The minimum Gasteiger partial charge on any atom is -0.297 e. The molecule has 0 spiro atoms. The van der Waals surface area contributed by atoms with Crippen LogP contribution in [0.15, 0.2) is 47.1 Å². The summed E-state index contributed by atoms with van der Waals surface area (Å²) in [6.07, 6.45) is 1.96. The third kappa shape index (κ3) is 3.65. The third-order valence-electron chi connectivity index (χ3n) is 4.60. The van der Waals surface area contributed by atoms with E-state index in [0.29, 0.717) is 15.6 Å². The van der Waals surface area contributed by atoms with Gasteiger partial charge in [0.1, 0.15) is 16.3 Å². The quantitative estimate of drug-likeness (QED) is 0.289. The van der Waals surface area contributed by atoms with Gasteiger partial charge in [0, 0.05) is 21.6 Å². The van der Waals surface area contributed by atoms with Crippen LogP contribution in [-0.2, 0) is 0 Å². The van der Waals surface area contributed by atoms with Crippen LogP contribution in [0.2, 0.25) is 5.02 Å². The Morgan fingerprint density at radius 3 is 2.66 bits per heavy atom. The average Bonchev–Trinajstić information content (AvgIpc) is 3.22. The fourth-order valence-corrected chi connectivity index (χ4v) is 5.04. The zero-order chi connectivity index (χ0) is 20.9. The van der Waals surface area contributed by atoms with Crippen molar-refractivity contribution >= 4 is 50.3 Å². The molecule has 0 saturated carbocycles. The predicted octanol–water partition coefficient (Wildman–Crippen LogP) is 7.08. The van der Waals surface area contributed by atoms with Crippen molar-refractivity contribution in [2.24, 2.45) is 5.41 Å². The van der Waals surface area contributed by atoms with Crippen LogP contribution in [0.3, 0.4) is 0 Å². The second kappa shape index (κ2) is 7.35. The number of hydrogen-bond donors (Lipinski definition) is 0. The summed E-state index contributed by atoms with van der Waals surface area (Å²) in [5, 5.41) is 1.31. The van der Waals surface area contributed by atoms with E-state index >= 15 is 0 Å². The average molecular weight is 489 g/mol. The number of Topliss-reactive ketones (excluding diaryl/α,β-unsaturated/α-hetero) is 1. The third-order valence-corrected chi connectivity index (χ3v) is 6.49. The van der Waals surface area contributed by atoms with Gasteiger partial charge in [0.05, 0.1) is 21.3 Å². The molecule has 0 amide bonds. The summed E-state index contributed by atoms with van der Waals surface area (Å²) in [6.45, 7) is 7.71. The molecule has 0 N–H and O–H groups in total. The number of carbonyl (C=O) groups is 1. The van der Waals surface area contributed by atoms with Crippen molar-refractivity contribution in [3.8, 4) is 22.0 Å². The minimum absolute atomic E-state index is 0.0405. The molecule has 4 aromatic rings. The first-order chi connectivity index (χ1) is 13.7. The first-order valence-electron chi connectivity index (χ1n) is 9.12. The number of hydrogen-bond acceptors (Lipinski definition) is 4. The van der Waals surface area contributed by atoms with Gasteiger partial charge in [-0.25, -0.2) is 9.97 Å². The normalized spacial score (nSPS) is 11.9. The lowest BCUT2D eigenvalue weighted by molar-refractivity contribution is 0.0863. The van der Waals surface area contributed by atoms with E-state index in [0.717, 1.165) is 32.1 Å². The van der Waals surface area contributed by atoms with Crippen LogP contribution in [0.5, 0.6) is 0 Å². The molecule has 0 bridgehead atoms. The number of carbonyl (C=O) groups excluding carboxylic acids is 1. The SMILES string of the molecule is Cc1nc2ccccn2c1-c1nc(-c2cc(Br)ccc2Cl)c(C(=O)C(C)(C)C)s1. The van der Waals surface area contributed by atoms with Gasteiger partial charge in [0.2, 0.25) is 0 Å². The highest BCUT2D eigenvalue weighted by molar-refractivity contribution is 9.10. The standard InChI is InChI=1S/C22H19BrClN3OS/c1-12-18(27-10-6-5-7-16(27)25-12)21-26-17(14-11-13(23)8-9-15(14)24)19(29-21)20(28)22(2,3)4/h5-11H,1-4H3. The predicted molar refractivity (Wildman–Crippen MR) is 123 cm³/mol. The molecule has 3 heterocycles. The van der Waals surface area contributed by atoms with Gasteiger partial charge in [-0.2, -0.15) is 0 Å². The van der Waals surface area contributed by atoms with Gasteiger partial charge < -0.3 is 0 Å². The molecule has 0 saturated heterocycles. The number of pyridine rings is 1. The van der Waals surface area contributed by atoms with Crippen molar-refractivity contribution in [3.63, 3.8) is 0 Å². The van der Waals surface area contributed by atoms with Gasteiger partial charge in [-0.1, -0.05) is 54.4 Å². The van der Waals surface area contributed by atoms with Gasteiger partial charge in [0.15, 0.2) is 5.78 Å². The van der Waals surface area contributed by atoms with Crippen molar-refractivity contribution in [2.45, 2.75) is 27.7 Å². The van der Waals surface area contributed by atoms with E-state index in [2.05, 4.69) is 20.9 Å². The van der Waals surface area contributed by atoms with E-state index in [1.165, 1.54) is 11.3 Å². The molecule has 0 radical (unpaired) electrons. The maximum absolute atomic E-state index is 13.3. The Hall–Kier alpha value is -2.02. The Morgan fingerprint density at radius 1 is 1.17 bits per heavy atom. The van der Waals surface area contributed by atoms with Crippen molar-refractivity contribution in [1.29, 1.82) is 0 Å². The zero-order valence-electron chi connectivity index (χ0n) is 16.5. The van der Waals surface area contributed by atoms with Crippen LogP contribution in [-0.4, -0.2) is 20.2 Å². The zero-order valence-corrected chi connectivity index (χ0v) is 19.6. The van der Waals surface area contributed by atoms with Crippen molar-refractivity contribution in [3.05, 3.63) is 62.7 Å². The number of aromatic nitrogens is 3. The maximum atomic E-state index is 13.3. The Kier molecular flexibility index (Phi) is 5.13. The smallest absolute Gasteiger partial charge is 0.180 e. The molecule has 0 unspecified atom stereocenters. The fourth-order valence-electron chi connectivity index (χ4n) is 3.15. The monoisotopic (exact) mass is 487 g/mol. The van der Waals surface area contributed by atoms with Gasteiger partial charge >= 0.3 is 0 Å². The summed E-state index contributed by atoms with van der Waals surface area (Å²) in [7, 11) is 0. The molecule has 7 heteroatoms. The number of fused-ring (bicyclic) bond motifs is 1. The maximum Gasteiger partial charge on any atom is 0.180 e. The molecule has 0 aliphatic rings. The van der Waals surface area contributed by atoms with Crippen LogP contribution < -0.4 is 0 Å². The lowest BCUT2D eigenvalue weighted by Crippen LogP contribution is -2.19. The summed E-state index contributed by atoms with van der Waals surface area (Å²) >= 11 is 11.4. The molecule has 148 valence electrons. The minimum atomic E-state index is -0.536. The summed E-state index contributed by atoms with van der Waals surface area (Å²) in [4.78, 5) is 23.4. The number of ketones is 1. The van der Waals surface area contributed by atoms with E-state index in [1.54, 1.807) is 0 Å². The van der Waals surface area contributed by atoms with Crippen molar-refractivity contribution in [2.75, 3.05) is 0 Å². The number of nitrogens with zero attached hydrogens (tertiary/aromatic N) is 3. The molecule has 3 aromatic heterocycles. The van der Waals surface area contributed by atoms with E-state index in [9.17, 15) is 4.79 Å². The van der Waals surface area contributed by atoms with Crippen molar-refractivity contribution < 1.29 is 4.79 Å². The summed E-state index contributed by atoms with van der Waals surface area (Å²) in [5.74, 6) is 0.0405. The molecule has 4 rings (SSSR count). The second-order valence-corrected chi connectivity index (χ2v) is 10.2. The number of benzene rings is 1. The molecular formula is C22H19BrClN3OS. The van der Waals surface area contributed by atoms with Gasteiger partial charge in [0.25, 0.3) is 0 Å². The lowest BCUT2D eigenvalue weighted by Gasteiger charge is -2.16. The van der Waals surface area contributed by atoms with Crippen LogP contribution in [0.1, 0.15) is 36.1 Å². The van der Waals surface area contributed by atoms with Crippen LogP contribution in [0, 0.1) is 12.3 Å². The highest BCUT2D eigenvalue weighted by Gasteiger charge is 2.30. The Morgan fingerprint density at radius 2 is 1.93 bits per heavy atom. The Labute approximate surface area is 186 Å². The molecular weight excluding hydrogens is 470 g/mol. The van der Waals surface area contributed by atoms with Crippen molar-refractivity contribution in [1.82, 2.24) is 14.4 Å². The van der Waals surface area contributed by atoms with Gasteiger partial charge in [-0.3, -0.25) is 9.20 Å².